The maximum atomic E-state index is 13.0. The Balaban J connectivity index is 2.15. The Bertz CT molecular complexity index is 525. The van der Waals surface area contributed by atoms with E-state index in [1.165, 1.54) is 12.1 Å². The number of aliphatic hydroxyl groups is 1. The third-order valence-electron chi connectivity index (χ3n) is 4.83. The third kappa shape index (κ3) is 4.71. The van der Waals surface area contributed by atoms with Crippen molar-refractivity contribution in [1.29, 1.82) is 0 Å². The number of hydrogen-bond donors (Lipinski definition) is 2. The van der Waals surface area contributed by atoms with Crippen LogP contribution in [0.2, 0.25) is 0 Å². The standard InChI is InChI=1S/C18H26F3NO2/c1-13(2)16(14-4-3-5-15(10-14)18(19,20)21)22-11-17(12-23)6-8-24-9-7-17/h3-5,10,13,16,22-23H,6-9,11-12H2,1-2H3. The molecule has 3 nitrogen and oxygen atoms in total. The van der Waals surface area contributed by atoms with E-state index in [2.05, 4.69) is 5.32 Å². The first-order valence-corrected chi connectivity index (χ1v) is 8.37. The molecule has 0 bridgehead atoms. The fourth-order valence-corrected chi connectivity index (χ4v) is 3.17. The quantitative estimate of drug-likeness (QED) is 0.824. The van der Waals surface area contributed by atoms with Crippen LogP contribution in [0, 0.1) is 11.3 Å². The van der Waals surface area contributed by atoms with Crippen molar-refractivity contribution in [2.45, 2.75) is 38.9 Å². The van der Waals surface area contributed by atoms with E-state index >= 15 is 0 Å². The van der Waals surface area contributed by atoms with E-state index in [4.69, 9.17) is 4.74 Å². The summed E-state index contributed by atoms with van der Waals surface area (Å²) in [6.07, 6.45) is -2.83. The largest absolute Gasteiger partial charge is 0.416 e. The van der Waals surface area contributed by atoms with Crippen LogP contribution in [0.4, 0.5) is 13.2 Å². The van der Waals surface area contributed by atoms with Gasteiger partial charge in [0.15, 0.2) is 0 Å². The van der Waals surface area contributed by atoms with Gasteiger partial charge in [0.2, 0.25) is 0 Å². The Labute approximate surface area is 141 Å². The van der Waals surface area contributed by atoms with Crippen LogP contribution in [-0.2, 0) is 10.9 Å². The molecule has 1 heterocycles. The molecule has 1 aliphatic heterocycles. The maximum Gasteiger partial charge on any atom is 0.416 e. The zero-order chi connectivity index (χ0) is 17.8. The van der Waals surface area contributed by atoms with Crippen molar-refractivity contribution in [3.05, 3.63) is 35.4 Å². The summed E-state index contributed by atoms with van der Waals surface area (Å²) < 4.78 is 44.2. The highest BCUT2D eigenvalue weighted by Gasteiger charge is 2.34. The summed E-state index contributed by atoms with van der Waals surface area (Å²) in [6, 6.07) is 5.29. The molecule has 0 radical (unpaired) electrons. The molecule has 0 saturated carbocycles. The number of hydrogen-bond acceptors (Lipinski definition) is 3. The Hall–Kier alpha value is -1.11. The first kappa shape index (κ1) is 19.2. The zero-order valence-corrected chi connectivity index (χ0v) is 14.2. The first-order chi connectivity index (χ1) is 11.3. The number of benzene rings is 1. The van der Waals surface area contributed by atoms with E-state index in [0.717, 1.165) is 18.9 Å². The van der Waals surface area contributed by atoms with Gasteiger partial charge in [0.1, 0.15) is 0 Å². The highest BCUT2D eigenvalue weighted by atomic mass is 19.4. The molecule has 1 aromatic rings. The average Bonchev–Trinajstić information content (AvgIpc) is 2.55. The summed E-state index contributed by atoms with van der Waals surface area (Å²) in [5, 5.41) is 13.2. The number of rotatable bonds is 6. The number of aliphatic hydroxyl groups excluding tert-OH is 1. The lowest BCUT2D eigenvalue weighted by Gasteiger charge is -2.37. The van der Waals surface area contributed by atoms with Crippen molar-refractivity contribution in [2.75, 3.05) is 26.4 Å². The number of nitrogens with one attached hydrogen (secondary N) is 1. The molecule has 0 amide bonds. The second kappa shape index (κ2) is 7.85. The second-order valence-electron chi connectivity index (χ2n) is 7.00. The summed E-state index contributed by atoms with van der Waals surface area (Å²) in [6.45, 7) is 5.79. The molecule has 136 valence electrons. The highest BCUT2D eigenvalue weighted by Crippen LogP contribution is 2.34. The molecule has 2 N–H and O–H groups in total. The molecule has 1 fully saturated rings. The van der Waals surface area contributed by atoms with Crippen molar-refractivity contribution in [3.8, 4) is 0 Å². The van der Waals surface area contributed by atoms with Gasteiger partial charge in [0.25, 0.3) is 0 Å². The Morgan fingerprint density at radius 1 is 1.25 bits per heavy atom. The van der Waals surface area contributed by atoms with Gasteiger partial charge < -0.3 is 15.2 Å². The average molecular weight is 345 g/mol. The van der Waals surface area contributed by atoms with E-state index in [1.54, 1.807) is 6.07 Å². The Morgan fingerprint density at radius 3 is 2.46 bits per heavy atom. The van der Waals surface area contributed by atoms with Gasteiger partial charge in [-0.2, -0.15) is 13.2 Å². The molecule has 6 heteroatoms. The molecule has 1 aromatic carbocycles. The van der Waals surface area contributed by atoms with E-state index in [0.29, 0.717) is 25.3 Å². The fourth-order valence-electron chi connectivity index (χ4n) is 3.17. The Morgan fingerprint density at radius 2 is 1.92 bits per heavy atom. The van der Waals surface area contributed by atoms with Crippen molar-refractivity contribution in [1.82, 2.24) is 5.32 Å². The van der Waals surface area contributed by atoms with Gasteiger partial charge in [-0.3, -0.25) is 0 Å². The van der Waals surface area contributed by atoms with Crippen LogP contribution in [0.5, 0.6) is 0 Å². The minimum Gasteiger partial charge on any atom is -0.396 e. The molecule has 0 aromatic heterocycles. The van der Waals surface area contributed by atoms with Crippen LogP contribution in [0.3, 0.4) is 0 Å². The van der Waals surface area contributed by atoms with E-state index < -0.39 is 11.7 Å². The molecule has 2 rings (SSSR count). The summed E-state index contributed by atoms with van der Waals surface area (Å²) in [5.74, 6) is 0.129. The van der Waals surface area contributed by atoms with E-state index in [1.807, 2.05) is 13.8 Å². The van der Waals surface area contributed by atoms with E-state index in [9.17, 15) is 18.3 Å². The van der Waals surface area contributed by atoms with Gasteiger partial charge in [0.05, 0.1) is 12.2 Å². The van der Waals surface area contributed by atoms with Crippen molar-refractivity contribution in [2.24, 2.45) is 11.3 Å². The van der Waals surface area contributed by atoms with Gasteiger partial charge in [-0.05, 0) is 36.5 Å². The summed E-state index contributed by atoms with van der Waals surface area (Å²) >= 11 is 0. The molecule has 0 aliphatic carbocycles. The van der Waals surface area contributed by atoms with Gasteiger partial charge in [-0.15, -0.1) is 0 Å². The molecule has 1 saturated heterocycles. The maximum absolute atomic E-state index is 13.0. The number of alkyl halides is 3. The smallest absolute Gasteiger partial charge is 0.396 e. The van der Waals surface area contributed by atoms with Crippen molar-refractivity contribution >= 4 is 0 Å². The lowest BCUT2D eigenvalue weighted by Crippen LogP contribution is -2.43. The van der Waals surface area contributed by atoms with Crippen LogP contribution in [0.15, 0.2) is 24.3 Å². The van der Waals surface area contributed by atoms with Crippen LogP contribution >= 0.6 is 0 Å². The molecule has 1 aliphatic rings. The van der Waals surface area contributed by atoms with Crippen LogP contribution < -0.4 is 5.32 Å². The lowest BCUT2D eigenvalue weighted by atomic mass is 9.80. The molecule has 0 spiro atoms. The lowest BCUT2D eigenvalue weighted by molar-refractivity contribution is -0.137. The summed E-state index contributed by atoms with van der Waals surface area (Å²) in [4.78, 5) is 0. The molecular formula is C18H26F3NO2. The van der Waals surface area contributed by atoms with Crippen LogP contribution in [0.25, 0.3) is 0 Å². The van der Waals surface area contributed by atoms with E-state index in [-0.39, 0.29) is 24.0 Å². The van der Waals surface area contributed by atoms with Crippen molar-refractivity contribution < 1.29 is 23.0 Å². The Kier molecular flexibility index (Phi) is 6.28. The van der Waals surface area contributed by atoms with Crippen LogP contribution in [0.1, 0.15) is 43.9 Å². The predicted octanol–water partition coefficient (Wildman–Crippen LogP) is 3.78. The fraction of sp³-hybridized carbons (Fsp3) is 0.667. The first-order valence-electron chi connectivity index (χ1n) is 8.37. The van der Waals surface area contributed by atoms with Gasteiger partial charge in [-0.25, -0.2) is 0 Å². The van der Waals surface area contributed by atoms with Gasteiger partial charge >= 0.3 is 6.18 Å². The van der Waals surface area contributed by atoms with Gasteiger partial charge in [-0.1, -0.05) is 26.0 Å². The summed E-state index contributed by atoms with van der Waals surface area (Å²) in [5.41, 5.74) is -0.261. The molecule has 24 heavy (non-hydrogen) atoms. The highest BCUT2D eigenvalue weighted by molar-refractivity contribution is 5.28. The zero-order valence-electron chi connectivity index (χ0n) is 14.2. The topological polar surface area (TPSA) is 41.5 Å². The van der Waals surface area contributed by atoms with Crippen LogP contribution in [-0.4, -0.2) is 31.5 Å². The van der Waals surface area contributed by atoms with Crippen molar-refractivity contribution in [3.63, 3.8) is 0 Å². The minimum absolute atomic E-state index is 0.0523. The third-order valence-corrected chi connectivity index (χ3v) is 4.83. The molecule has 1 unspecified atom stereocenters. The normalized spacial score (nSPS) is 19.5. The SMILES string of the molecule is CC(C)C(NCC1(CO)CCOCC1)c1cccc(C(F)(F)F)c1. The van der Waals surface area contributed by atoms with Gasteiger partial charge in [0, 0.05) is 31.2 Å². The monoisotopic (exact) mass is 345 g/mol. The molecular weight excluding hydrogens is 319 g/mol. The number of halogens is 3. The summed E-state index contributed by atoms with van der Waals surface area (Å²) in [7, 11) is 0. The second-order valence-corrected chi connectivity index (χ2v) is 7.00. The molecule has 1 atom stereocenters. The minimum atomic E-state index is -4.34. The predicted molar refractivity (Wildman–Crippen MR) is 86.6 cm³/mol. The number of ether oxygens (including phenoxy) is 1.